The van der Waals surface area contributed by atoms with Crippen LogP contribution in [-0.4, -0.2) is 30.9 Å². The number of hydrogen-bond acceptors (Lipinski definition) is 5. The molecule has 1 unspecified atom stereocenters. The summed E-state index contributed by atoms with van der Waals surface area (Å²) in [5.41, 5.74) is -0.282. The number of ether oxygens (including phenoxy) is 1. The number of nitrogens with zero attached hydrogens (tertiary/aromatic N) is 2. The quantitative estimate of drug-likeness (QED) is 0.446. The van der Waals surface area contributed by atoms with E-state index in [1.165, 1.54) is 53.0 Å². The Labute approximate surface area is 210 Å². The Bertz CT molecular complexity index is 1420. The Hall–Kier alpha value is -3.27. The predicted octanol–water partition coefficient (Wildman–Crippen LogP) is 5.18. The van der Waals surface area contributed by atoms with Crippen LogP contribution in [0.4, 0.5) is 18.0 Å². The van der Waals surface area contributed by atoms with Crippen molar-refractivity contribution in [1.29, 1.82) is 5.26 Å². The summed E-state index contributed by atoms with van der Waals surface area (Å²) in [6, 6.07) is 9.92. The van der Waals surface area contributed by atoms with Crippen molar-refractivity contribution in [3.8, 4) is 6.07 Å². The van der Waals surface area contributed by atoms with E-state index in [4.69, 9.17) is 16.3 Å². The average molecular weight is 543 g/mol. The molecule has 192 valence electrons. The highest BCUT2D eigenvalue weighted by molar-refractivity contribution is 7.88. The highest BCUT2D eigenvalue weighted by atomic mass is 35.5. The fourth-order valence-electron chi connectivity index (χ4n) is 3.44. The maximum atomic E-state index is 14.2. The zero-order chi connectivity index (χ0) is 26.9. The first-order chi connectivity index (χ1) is 16.6. The second-order valence-corrected chi connectivity index (χ2v) is 10.8. The summed E-state index contributed by atoms with van der Waals surface area (Å²) in [7, 11) is -4.99. The molecule has 0 bridgehead atoms. The number of carbonyl (C=O) groups is 1. The van der Waals surface area contributed by atoms with Crippen molar-refractivity contribution in [3.05, 3.63) is 70.4 Å². The normalized spacial score (nSPS) is 13.3. The van der Waals surface area contributed by atoms with Gasteiger partial charge in [-0.3, -0.25) is 0 Å². The lowest BCUT2D eigenvalue weighted by Gasteiger charge is -2.23. The van der Waals surface area contributed by atoms with Gasteiger partial charge in [0.15, 0.2) is 0 Å². The summed E-state index contributed by atoms with van der Waals surface area (Å²) in [4.78, 5) is 11.9. The molecule has 0 aliphatic heterocycles. The van der Waals surface area contributed by atoms with Crippen LogP contribution in [0.25, 0.3) is 10.9 Å². The van der Waals surface area contributed by atoms with Crippen LogP contribution in [0.15, 0.2) is 48.7 Å². The number of aromatic nitrogens is 1. The molecule has 3 aromatic rings. The van der Waals surface area contributed by atoms with Gasteiger partial charge in [-0.05, 0) is 50.6 Å². The van der Waals surface area contributed by atoms with E-state index >= 15 is 0 Å². The van der Waals surface area contributed by atoms with Crippen molar-refractivity contribution < 1.29 is 31.1 Å². The molecule has 0 radical (unpaired) electrons. The average Bonchev–Trinajstić information content (AvgIpc) is 3.08. The minimum atomic E-state index is -5.07. The van der Waals surface area contributed by atoms with Crippen LogP contribution in [0.1, 0.15) is 43.5 Å². The van der Waals surface area contributed by atoms with Crippen molar-refractivity contribution in [2.45, 2.75) is 45.1 Å². The summed E-state index contributed by atoms with van der Waals surface area (Å²) in [6.45, 7) is 4.53. The van der Waals surface area contributed by atoms with Gasteiger partial charge in [0.25, 0.3) is 0 Å². The Balaban J connectivity index is 2.06. The van der Waals surface area contributed by atoms with Gasteiger partial charge >= 0.3 is 22.5 Å². The van der Waals surface area contributed by atoms with E-state index in [9.17, 15) is 31.6 Å². The molecule has 13 heteroatoms. The molecule has 8 nitrogen and oxygen atoms in total. The van der Waals surface area contributed by atoms with Crippen molar-refractivity contribution >= 4 is 38.8 Å². The number of amides is 1. The number of fused-ring (bicyclic) bond motifs is 1. The van der Waals surface area contributed by atoms with Crippen LogP contribution >= 0.6 is 11.6 Å². The van der Waals surface area contributed by atoms with Crippen LogP contribution in [0.5, 0.6) is 0 Å². The van der Waals surface area contributed by atoms with Crippen molar-refractivity contribution in [2.75, 3.05) is 0 Å². The van der Waals surface area contributed by atoms with Gasteiger partial charge in [0, 0.05) is 34.2 Å². The third-order valence-corrected chi connectivity index (χ3v) is 6.07. The molecule has 36 heavy (non-hydrogen) atoms. The molecule has 0 fully saturated rings. The molecule has 1 heterocycles. The van der Waals surface area contributed by atoms with E-state index in [2.05, 4.69) is 0 Å². The number of nitrogens with one attached hydrogen (secondary N) is 2. The van der Waals surface area contributed by atoms with Crippen LogP contribution in [0.2, 0.25) is 5.02 Å². The highest BCUT2D eigenvalue weighted by Crippen LogP contribution is 2.38. The molecule has 2 N–H and O–H groups in total. The number of rotatable bonds is 6. The lowest BCUT2D eigenvalue weighted by molar-refractivity contribution is -0.152. The lowest BCUT2D eigenvalue weighted by Crippen LogP contribution is -2.47. The lowest BCUT2D eigenvalue weighted by atomic mass is 10.0. The Kier molecular flexibility index (Phi) is 7.59. The molecule has 0 saturated carbocycles. The van der Waals surface area contributed by atoms with E-state index in [0.29, 0.717) is 10.6 Å². The molecular formula is C23H22ClF3N4O4S. The first-order valence-corrected chi connectivity index (χ1v) is 12.3. The van der Waals surface area contributed by atoms with E-state index in [1.54, 1.807) is 24.3 Å². The van der Waals surface area contributed by atoms with Crippen LogP contribution < -0.4 is 9.44 Å². The number of nitriles is 1. The third kappa shape index (κ3) is 6.90. The fourth-order valence-corrected chi connectivity index (χ4v) is 4.45. The molecule has 0 saturated heterocycles. The number of alkyl halides is 3. The molecule has 0 aliphatic rings. The Morgan fingerprint density at radius 1 is 1.17 bits per heavy atom. The van der Waals surface area contributed by atoms with Gasteiger partial charge in [-0.2, -0.15) is 31.6 Å². The van der Waals surface area contributed by atoms with Crippen molar-refractivity contribution in [1.82, 2.24) is 14.0 Å². The summed E-state index contributed by atoms with van der Waals surface area (Å²) >= 11 is 5.91. The molecular weight excluding hydrogens is 521 g/mol. The van der Waals surface area contributed by atoms with Gasteiger partial charge in [-0.15, -0.1) is 0 Å². The van der Waals surface area contributed by atoms with Crippen LogP contribution in [-0.2, 0) is 21.5 Å². The van der Waals surface area contributed by atoms with Gasteiger partial charge in [0.2, 0.25) is 0 Å². The number of benzene rings is 2. The van der Waals surface area contributed by atoms with Crippen LogP contribution in [0.3, 0.4) is 0 Å². The van der Waals surface area contributed by atoms with E-state index < -0.39 is 39.7 Å². The van der Waals surface area contributed by atoms with Gasteiger partial charge in [-0.25, -0.2) is 9.52 Å². The third-order valence-electron chi connectivity index (χ3n) is 4.84. The second-order valence-electron chi connectivity index (χ2n) is 8.88. The zero-order valence-corrected chi connectivity index (χ0v) is 20.9. The van der Waals surface area contributed by atoms with Crippen molar-refractivity contribution in [2.24, 2.45) is 0 Å². The smallest absolute Gasteiger partial charge is 0.422 e. The number of hydrogen-bond donors (Lipinski definition) is 2. The van der Waals surface area contributed by atoms with Gasteiger partial charge in [-0.1, -0.05) is 29.8 Å². The molecule has 1 amide bonds. The van der Waals surface area contributed by atoms with E-state index in [0.717, 1.165) is 6.20 Å². The maximum absolute atomic E-state index is 14.2. The zero-order valence-electron chi connectivity index (χ0n) is 19.4. The molecule has 1 aromatic heterocycles. The molecule has 3 rings (SSSR count). The molecule has 2 aromatic carbocycles. The molecule has 0 aliphatic carbocycles. The van der Waals surface area contributed by atoms with Gasteiger partial charge < -0.3 is 9.30 Å². The van der Waals surface area contributed by atoms with E-state index in [1.807, 2.05) is 6.07 Å². The van der Waals surface area contributed by atoms with Gasteiger partial charge in [0.1, 0.15) is 11.6 Å². The largest absolute Gasteiger partial charge is 0.443 e. The summed E-state index contributed by atoms with van der Waals surface area (Å²) < 4.78 is 76.6. The summed E-state index contributed by atoms with van der Waals surface area (Å²) in [6.07, 6.45) is -5.34. The Morgan fingerprint density at radius 2 is 1.81 bits per heavy atom. The van der Waals surface area contributed by atoms with E-state index in [-0.39, 0.29) is 23.0 Å². The number of halogens is 4. The maximum Gasteiger partial charge on any atom is 0.422 e. The monoisotopic (exact) mass is 542 g/mol. The van der Waals surface area contributed by atoms with Crippen molar-refractivity contribution in [3.63, 3.8) is 0 Å². The standard InChI is InChI=1S/C23H22ClF3N4O4S/c1-22(2,3)35-21(32)30-36(33,34)29-20(23(25,26)27)18-13-31(12-14-4-7-16(24)8-5-14)19-10-15(11-28)6-9-17(18)19/h4-10,13,20,29H,12H2,1-3H3,(H,30,32). The van der Waals surface area contributed by atoms with Gasteiger partial charge in [0.05, 0.1) is 11.6 Å². The minimum absolute atomic E-state index is 0.0743. The second kappa shape index (κ2) is 10.0. The summed E-state index contributed by atoms with van der Waals surface area (Å²) in [5, 5.41) is 9.83. The SMILES string of the molecule is CC(C)(C)OC(=O)NS(=O)(=O)NC(c1cn(Cc2ccc(Cl)cc2)c2cc(C#N)ccc12)C(F)(F)F. The Morgan fingerprint density at radius 3 is 2.36 bits per heavy atom. The fraction of sp³-hybridized carbons (Fsp3) is 0.304. The topological polar surface area (TPSA) is 113 Å². The molecule has 0 spiro atoms. The first kappa shape index (κ1) is 27.3. The van der Waals surface area contributed by atoms with Crippen LogP contribution in [0, 0.1) is 11.3 Å². The minimum Gasteiger partial charge on any atom is -0.443 e. The molecule has 1 atom stereocenters. The highest BCUT2D eigenvalue weighted by Gasteiger charge is 2.45. The summed E-state index contributed by atoms with van der Waals surface area (Å²) in [5.74, 6) is 0. The predicted molar refractivity (Wildman–Crippen MR) is 127 cm³/mol. The first-order valence-electron chi connectivity index (χ1n) is 10.4. The number of carbonyl (C=O) groups excluding carboxylic acids is 1.